The molecule has 2 aromatic rings. The normalized spacial score (nSPS) is 16.1. The first-order valence-corrected chi connectivity index (χ1v) is 8.53. The maximum absolute atomic E-state index is 5.86. The molecule has 22 heavy (non-hydrogen) atoms. The van der Waals surface area contributed by atoms with E-state index in [0.29, 0.717) is 6.61 Å². The number of nitrogens with zero attached hydrogens (tertiary/aromatic N) is 2. The van der Waals surface area contributed by atoms with E-state index in [9.17, 15) is 0 Å². The molecule has 2 aromatic carbocycles. The van der Waals surface area contributed by atoms with Gasteiger partial charge < -0.3 is 5.32 Å². The number of aliphatic imine (C=N–C) groups is 1. The van der Waals surface area contributed by atoms with Crippen molar-refractivity contribution in [2.24, 2.45) is 4.99 Å². The average molecular weight is 425 g/mol. The Labute approximate surface area is 146 Å². The highest BCUT2D eigenvalue weighted by atomic mass is 79.9. The Balaban J connectivity index is 1.74. The van der Waals surface area contributed by atoms with E-state index in [1.54, 1.807) is 5.06 Å². The third kappa shape index (κ3) is 3.69. The summed E-state index contributed by atoms with van der Waals surface area (Å²) >= 11 is 7.05. The molecule has 0 atom stereocenters. The van der Waals surface area contributed by atoms with Crippen LogP contribution in [0.5, 0.6) is 0 Å². The van der Waals surface area contributed by atoms with Crippen molar-refractivity contribution in [3.05, 3.63) is 63.0 Å². The van der Waals surface area contributed by atoms with Gasteiger partial charge in [-0.05, 0) is 49.6 Å². The fraction of sp³-hybridized carbons (Fsp3) is 0.188. The monoisotopic (exact) mass is 423 g/mol. The highest BCUT2D eigenvalue weighted by Gasteiger charge is 2.20. The standard InChI is InChI=1S/C16H15Br2N3O/c17-13-7-4-8-14(18)15(13)20-16-19-9-10-21(16)22-11-12-5-2-1-3-6-12/h1-8H,9-11H2,(H,19,20). The van der Waals surface area contributed by atoms with Gasteiger partial charge in [-0.15, -0.1) is 0 Å². The maximum atomic E-state index is 5.86. The molecule has 0 unspecified atom stereocenters. The van der Waals surface area contributed by atoms with Gasteiger partial charge in [0.15, 0.2) is 0 Å². The molecular weight excluding hydrogens is 410 g/mol. The van der Waals surface area contributed by atoms with E-state index in [2.05, 4.69) is 42.2 Å². The van der Waals surface area contributed by atoms with Crippen LogP contribution in [0.4, 0.5) is 5.69 Å². The molecule has 0 bridgehead atoms. The van der Waals surface area contributed by atoms with Gasteiger partial charge in [-0.2, -0.15) is 0 Å². The first-order chi connectivity index (χ1) is 10.7. The van der Waals surface area contributed by atoms with Crippen LogP contribution in [0, 0.1) is 0 Å². The summed E-state index contributed by atoms with van der Waals surface area (Å²) in [5.74, 6) is 0.725. The van der Waals surface area contributed by atoms with E-state index in [4.69, 9.17) is 4.84 Å². The quantitative estimate of drug-likeness (QED) is 0.797. The number of guanidine groups is 1. The van der Waals surface area contributed by atoms with Gasteiger partial charge in [-0.1, -0.05) is 36.4 Å². The van der Waals surface area contributed by atoms with E-state index in [0.717, 1.165) is 39.2 Å². The third-order valence-electron chi connectivity index (χ3n) is 3.22. The second-order valence-corrected chi connectivity index (χ2v) is 6.50. The first-order valence-electron chi connectivity index (χ1n) is 6.95. The minimum atomic E-state index is 0.526. The number of rotatable bonds is 4. The second kappa shape index (κ2) is 7.26. The van der Waals surface area contributed by atoms with Crippen molar-refractivity contribution >= 4 is 43.5 Å². The summed E-state index contributed by atoms with van der Waals surface area (Å²) < 4.78 is 1.87. The number of benzene rings is 2. The SMILES string of the molecule is Brc1cccc(Br)c1/N=C1\NCCN1OCc1ccccc1. The van der Waals surface area contributed by atoms with E-state index in [1.807, 2.05) is 48.5 Å². The Morgan fingerprint density at radius 1 is 1.05 bits per heavy atom. The molecular formula is C16H15Br2N3O. The van der Waals surface area contributed by atoms with Crippen molar-refractivity contribution in [1.82, 2.24) is 10.4 Å². The summed E-state index contributed by atoms with van der Waals surface area (Å²) in [5, 5.41) is 5.06. The van der Waals surface area contributed by atoms with Crippen molar-refractivity contribution in [3.8, 4) is 0 Å². The molecule has 1 saturated heterocycles. The van der Waals surface area contributed by atoms with Crippen LogP contribution in [0.15, 0.2) is 62.5 Å². The molecule has 0 spiro atoms. The zero-order chi connectivity index (χ0) is 15.4. The third-order valence-corrected chi connectivity index (χ3v) is 4.50. The topological polar surface area (TPSA) is 36.9 Å². The van der Waals surface area contributed by atoms with Crippen molar-refractivity contribution in [1.29, 1.82) is 0 Å². The summed E-state index contributed by atoms with van der Waals surface area (Å²) in [6.07, 6.45) is 0. The van der Waals surface area contributed by atoms with E-state index in [1.165, 1.54) is 0 Å². The Hall–Kier alpha value is -1.37. The molecule has 6 heteroatoms. The first kappa shape index (κ1) is 15.5. The summed E-state index contributed by atoms with van der Waals surface area (Å²) in [6.45, 7) is 2.11. The van der Waals surface area contributed by atoms with Crippen LogP contribution >= 0.6 is 31.9 Å². The zero-order valence-corrected chi connectivity index (χ0v) is 15.0. The van der Waals surface area contributed by atoms with Gasteiger partial charge in [0.05, 0.1) is 12.2 Å². The van der Waals surface area contributed by atoms with Gasteiger partial charge in [0.1, 0.15) is 6.61 Å². The largest absolute Gasteiger partial charge is 0.352 e. The van der Waals surface area contributed by atoms with Crippen LogP contribution in [0.3, 0.4) is 0 Å². The lowest BCUT2D eigenvalue weighted by Gasteiger charge is -2.17. The fourth-order valence-electron chi connectivity index (χ4n) is 2.11. The van der Waals surface area contributed by atoms with E-state index in [-0.39, 0.29) is 0 Å². The predicted octanol–water partition coefficient (Wildman–Crippen LogP) is 4.24. The smallest absolute Gasteiger partial charge is 0.223 e. The molecule has 0 aromatic heterocycles. The number of nitrogens with one attached hydrogen (secondary N) is 1. The minimum absolute atomic E-state index is 0.526. The van der Waals surface area contributed by atoms with Gasteiger partial charge in [0, 0.05) is 15.5 Å². The van der Waals surface area contributed by atoms with Gasteiger partial charge in [-0.25, -0.2) is 10.1 Å². The maximum Gasteiger partial charge on any atom is 0.223 e. The van der Waals surface area contributed by atoms with Gasteiger partial charge >= 0.3 is 0 Å². The van der Waals surface area contributed by atoms with Gasteiger partial charge in [-0.3, -0.25) is 4.84 Å². The summed E-state index contributed by atoms with van der Waals surface area (Å²) in [7, 11) is 0. The lowest BCUT2D eigenvalue weighted by Crippen LogP contribution is -2.30. The number of hydrogen-bond donors (Lipinski definition) is 1. The molecule has 3 rings (SSSR count). The van der Waals surface area contributed by atoms with Crippen LogP contribution in [-0.4, -0.2) is 24.1 Å². The van der Waals surface area contributed by atoms with Crippen molar-refractivity contribution in [2.75, 3.05) is 13.1 Å². The fourth-order valence-corrected chi connectivity index (χ4v) is 3.29. The summed E-state index contributed by atoms with van der Waals surface area (Å²) in [4.78, 5) is 10.5. The highest BCUT2D eigenvalue weighted by molar-refractivity contribution is 9.11. The summed E-state index contributed by atoms with van der Waals surface area (Å²) in [5.41, 5.74) is 1.98. The Morgan fingerprint density at radius 3 is 2.50 bits per heavy atom. The van der Waals surface area contributed by atoms with E-state index >= 15 is 0 Å². The Morgan fingerprint density at radius 2 is 1.77 bits per heavy atom. The summed E-state index contributed by atoms with van der Waals surface area (Å²) in [6, 6.07) is 16.0. The lowest BCUT2D eigenvalue weighted by atomic mass is 10.2. The van der Waals surface area contributed by atoms with Crippen molar-refractivity contribution in [3.63, 3.8) is 0 Å². The van der Waals surface area contributed by atoms with Crippen molar-refractivity contribution in [2.45, 2.75) is 6.61 Å². The molecule has 0 radical (unpaired) electrons. The number of hydrogen-bond acceptors (Lipinski definition) is 2. The molecule has 1 heterocycles. The van der Waals surface area contributed by atoms with Crippen LogP contribution in [0.1, 0.15) is 5.56 Å². The molecule has 4 nitrogen and oxygen atoms in total. The molecule has 114 valence electrons. The minimum Gasteiger partial charge on any atom is -0.352 e. The van der Waals surface area contributed by atoms with Crippen LogP contribution in [0.2, 0.25) is 0 Å². The van der Waals surface area contributed by atoms with Gasteiger partial charge in [0.25, 0.3) is 0 Å². The molecule has 0 aliphatic carbocycles. The van der Waals surface area contributed by atoms with Crippen LogP contribution in [0.25, 0.3) is 0 Å². The zero-order valence-electron chi connectivity index (χ0n) is 11.8. The number of para-hydroxylation sites is 1. The second-order valence-electron chi connectivity index (χ2n) is 4.79. The predicted molar refractivity (Wildman–Crippen MR) is 94.9 cm³/mol. The molecule has 1 N–H and O–H groups in total. The van der Waals surface area contributed by atoms with Crippen molar-refractivity contribution < 1.29 is 4.84 Å². The molecule has 0 saturated carbocycles. The lowest BCUT2D eigenvalue weighted by molar-refractivity contribution is -0.102. The Bertz CT molecular complexity index is 656. The van der Waals surface area contributed by atoms with Crippen LogP contribution < -0.4 is 5.32 Å². The molecule has 1 aliphatic heterocycles. The van der Waals surface area contributed by atoms with E-state index < -0.39 is 0 Å². The number of halogens is 2. The molecule has 1 aliphatic rings. The Kier molecular flexibility index (Phi) is 5.12. The van der Waals surface area contributed by atoms with Gasteiger partial charge in [0.2, 0.25) is 5.96 Å². The average Bonchev–Trinajstić information content (AvgIpc) is 2.97. The molecule has 1 fully saturated rings. The molecule has 0 amide bonds. The van der Waals surface area contributed by atoms with Crippen LogP contribution in [-0.2, 0) is 11.4 Å². The number of hydroxylamine groups is 2. The highest BCUT2D eigenvalue weighted by Crippen LogP contribution is 2.33.